The number of hydrogen-bond donors (Lipinski definition) is 0. The lowest BCUT2D eigenvalue weighted by molar-refractivity contribution is -0.255. The molecule has 0 unspecified atom stereocenters. The summed E-state index contributed by atoms with van der Waals surface area (Å²) in [5.41, 5.74) is -0.558. The predicted molar refractivity (Wildman–Crippen MR) is 42.1 cm³/mol. The number of ether oxygens (including phenoxy) is 1. The summed E-state index contributed by atoms with van der Waals surface area (Å²) in [6.07, 6.45) is 0. The lowest BCUT2D eigenvalue weighted by atomic mass is 10.1. The highest BCUT2D eigenvalue weighted by molar-refractivity contribution is 5.93. The topological polar surface area (TPSA) is 66.4 Å². The van der Waals surface area contributed by atoms with Crippen molar-refractivity contribution in [1.29, 1.82) is 0 Å². The summed E-state index contributed by atoms with van der Waals surface area (Å²) >= 11 is 0. The largest absolute Gasteiger partial charge is 0.545 e. The van der Waals surface area contributed by atoms with E-state index in [0.717, 1.165) is 25.3 Å². The first-order valence-corrected chi connectivity index (χ1v) is 3.65. The second-order valence-electron chi connectivity index (χ2n) is 2.51. The van der Waals surface area contributed by atoms with Gasteiger partial charge in [0, 0.05) is 5.56 Å². The predicted octanol–water partition coefficient (Wildman–Crippen LogP) is -0.0242. The molecule has 1 aromatic rings. The zero-order valence-electron chi connectivity index (χ0n) is 7.24. The van der Waals surface area contributed by atoms with Crippen molar-refractivity contribution in [2.45, 2.75) is 0 Å². The van der Waals surface area contributed by atoms with Crippen molar-refractivity contribution in [3.8, 4) is 0 Å². The average Bonchev–Trinajstić information content (AvgIpc) is 2.15. The quantitative estimate of drug-likeness (QED) is 0.624. The van der Waals surface area contributed by atoms with Gasteiger partial charge >= 0.3 is 5.97 Å². The number of benzene rings is 1. The Morgan fingerprint density at radius 2 is 1.86 bits per heavy atom. The van der Waals surface area contributed by atoms with Crippen LogP contribution in [0, 0.1) is 5.82 Å². The molecule has 0 spiro atoms. The van der Waals surface area contributed by atoms with Crippen molar-refractivity contribution >= 4 is 11.9 Å². The lowest BCUT2D eigenvalue weighted by Gasteiger charge is -2.05. The fourth-order valence-corrected chi connectivity index (χ4v) is 0.943. The molecule has 0 fully saturated rings. The van der Waals surface area contributed by atoms with Gasteiger partial charge in [0.25, 0.3) is 0 Å². The maximum Gasteiger partial charge on any atom is 0.337 e. The van der Waals surface area contributed by atoms with Gasteiger partial charge < -0.3 is 14.6 Å². The third kappa shape index (κ3) is 2.07. The molecular weight excluding hydrogens is 191 g/mol. The molecule has 1 aromatic carbocycles. The molecule has 0 aliphatic heterocycles. The highest BCUT2D eigenvalue weighted by Crippen LogP contribution is 2.09. The highest BCUT2D eigenvalue weighted by Gasteiger charge is 2.08. The normalized spacial score (nSPS) is 9.57. The van der Waals surface area contributed by atoms with E-state index in [0.29, 0.717) is 0 Å². The second kappa shape index (κ2) is 3.87. The van der Waals surface area contributed by atoms with E-state index in [2.05, 4.69) is 4.74 Å². The van der Waals surface area contributed by atoms with Gasteiger partial charge in [0.15, 0.2) is 0 Å². The molecule has 4 nitrogen and oxygen atoms in total. The summed E-state index contributed by atoms with van der Waals surface area (Å²) in [5, 5.41) is 10.4. The monoisotopic (exact) mass is 197 g/mol. The van der Waals surface area contributed by atoms with Gasteiger partial charge in [-0.25, -0.2) is 9.18 Å². The number of methoxy groups -OCH3 is 1. The van der Waals surface area contributed by atoms with Crippen molar-refractivity contribution in [2.24, 2.45) is 0 Å². The van der Waals surface area contributed by atoms with E-state index < -0.39 is 23.3 Å². The minimum atomic E-state index is -1.55. The summed E-state index contributed by atoms with van der Waals surface area (Å²) in [5.74, 6) is -3.17. The number of hydrogen-bond acceptors (Lipinski definition) is 4. The van der Waals surface area contributed by atoms with Gasteiger partial charge in [0.1, 0.15) is 5.82 Å². The van der Waals surface area contributed by atoms with Crippen molar-refractivity contribution in [1.82, 2.24) is 0 Å². The number of aromatic carboxylic acids is 1. The van der Waals surface area contributed by atoms with Crippen LogP contribution >= 0.6 is 0 Å². The number of carbonyl (C=O) groups is 2. The van der Waals surface area contributed by atoms with Crippen molar-refractivity contribution in [3.05, 3.63) is 35.1 Å². The Balaban J connectivity index is 3.20. The van der Waals surface area contributed by atoms with E-state index in [1.807, 2.05) is 0 Å². The number of esters is 1. The number of carboxylic acid groups (broad SMARTS) is 1. The third-order valence-corrected chi connectivity index (χ3v) is 1.55. The van der Waals surface area contributed by atoms with E-state index in [4.69, 9.17) is 0 Å². The molecule has 0 bridgehead atoms. The Morgan fingerprint density at radius 1 is 1.29 bits per heavy atom. The van der Waals surface area contributed by atoms with Crippen molar-refractivity contribution in [2.75, 3.05) is 7.11 Å². The van der Waals surface area contributed by atoms with Crippen LogP contribution in [0.25, 0.3) is 0 Å². The molecule has 0 aromatic heterocycles. The maximum atomic E-state index is 12.8. The van der Waals surface area contributed by atoms with Crippen LogP contribution in [-0.4, -0.2) is 19.0 Å². The molecule has 14 heavy (non-hydrogen) atoms. The molecular formula is C9H6FO4-. The van der Waals surface area contributed by atoms with Crippen LogP contribution in [0.1, 0.15) is 20.7 Å². The van der Waals surface area contributed by atoms with Crippen LogP contribution in [0.2, 0.25) is 0 Å². The second-order valence-corrected chi connectivity index (χ2v) is 2.51. The smallest absolute Gasteiger partial charge is 0.337 e. The molecule has 0 atom stereocenters. The first kappa shape index (κ1) is 10.2. The SMILES string of the molecule is COC(=O)c1cc(F)cc(C(=O)[O-])c1. The minimum absolute atomic E-state index is 0.160. The highest BCUT2D eigenvalue weighted by atomic mass is 19.1. The molecule has 0 heterocycles. The van der Waals surface area contributed by atoms with E-state index in [1.54, 1.807) is 0 Å². The van der Waals surface area contributed by atoms with E-state index in [-0.39, 0.29) is 5.56 Å². The van der Waals surface area contributed by atoms with Crippen molar-refractivity contribution in [3.63, 3.8) is 0 Å². The molecule has 0 aliphatic rings. The summed E-state index contributed by atoms with van der Waals surface area (Å²) in [7, 11) is 1.12. The van der Waals surface area contributed by atoms with Gasteiger partial charge in [0.2, 0.25) is 0 Å². The molecule has 0 saturated heterocycles. The minimum Gasteiger partial charge on any atom is -0.545 e. The summed E-state index contributed by atoms with van der Waals surface area (Å²) in [6.45, 7) is 0. The van der Waals surface area contributed by atoms with Gasteiger partial charge in [-0.2, -0.15) is 0 Å². The van der Waals surface area contributed by atoms with E-state index >= 15 is 0 Å². The standard InChI is InChI=1S/C9H7FO4/c1-14-9(13)6-2-5(8(11)12)3-7(10)4-6/h2-4H,1H3,(H,11,12)/p-1. The molecule has 0 N–H and O–H groups in total. The number of rotatable bonds is 2. The zero-order valence-corrected chi connectivity index (χ0v) is 7.24. The van der Waals surface area contributed by atoms with Crippen LogP contribution in [0.3, 0.4) is 0 Å². The number of carboxylic acids is 1. The Labute approximate surface area is 78.9 Å². The van der Waals surface area contributed by atoms with Gasteiger partial charge in [0.05, 0.1) is 18.6 Å². The zero-order chi connectivity index (χ0) is 10.7. The Kier molecular flexibility index (Phi) is 2.81. The molecule has 0 saturated carbocycles. The maximum absolute atomic E-state index is 12.8. The Bertz CT molecular complexity index is 386. The van der Waals surface area contributed by atoms with Crippen LogP contribution in [0.4, 0.5) is 4.39 Å². The summed E-state index contributed by atoms with van der Waals surface area (Å²) in [4.78, 5) is 21.3. The van der Waals surface area contributed by atoms with Gasteiger partial charge in [-0.05, 0) is 18.2 Å². The van der Waals surface area contributed by atoms with Crippen LogP contribution in [-0.2, 0) is 4.74 Å². The molecule has 0 amide bonds. The molecule has 74 valence electrons. The lowest BCUT2D eigenvalue weighted by Crippen LogP contribution is -2.22. The summed E-state index contributed by atoms with van der Waals surface area (Å²) < 4.78 is 17.1. The van der Waals surface area contributed by atoms with E-state index in [9.17, 15) is 19.1 Å². The van der Waals surface area contributed by atoms with Crippen LogP contribution in [0.5, 0.6) is 0 Å². The summed E-state index contributed by atoms with van der Waals surface area (Å²) in [6, 6.07) is 2.64. The number of halogens is 1. The first-order chi connectivity index (χ1) is 6.54. The fraction of sp³-hybridized carbons (Fsp3) is 0.111. The average molecular weight is 197 g/mol. The van der Waals surface area contributed by atoms with E-state index in [1.165, 1.54) is 0 Å². The third-order valence-electron chi connectivity index (χ3n) is 1.55. The molecule has 5 heteroatoms. The van der Waals surface area contributed by atoms with Crippen LogP contribution in [0.15, 0.2) is 18.2 Å². The molecule has 0 radical (unpaired) electrons. The van der Waals surface area contributed by atoms with Crippen LogP contribution < -0.4 is 5.11 Å². The number of carbonyl (C=O) groups excluding carboxylic acids is 2. The first-order valence-electron chi connectivity index (χ1n) is 3.65. The van der Waals surface area contributed by atoms with Crippen molar-refractivity contribution < 1.29 is 23.8 Å². The molecule has 1 rings (SSSR count). The Hall–Kier alpha value is -1.91. The van der Waals surface area contributed by atoms with Gasteiger partial charge in [-0.1, -0.05) is 0 Å². The van der Waals surface area contributed by atoms with Gasteiger partial charge in [-0.3, -0.25) is 0 Å². The molecule has 0 aliphatic carbocycles. The Morgan fingerprint density at radius 3 is 2.36 bits per heavy atom. The van der Waals surface area contributed by atoms with Gasteiger partial charge in [-0.15, -0.1) is 0 Å². The fourth-order valence-electron chi connectivity index (χ4n) is 0.943.